The molecule has 2 aromatic rings. The summed E-state index contributed by atoms with van der Waals surface area (Å²) in [6, 6.07) is 8.08. The van der Waals surface area contributed by atoms with Crippen molar-refractivity contribution in [2.75, 3.05) is 0 Å². The molecule has 0 spiro atoms. The van der Waals surface area contributed by atoms with Crippen LogP contribution in [0.1, 0.15) is 34.3 Å². The van der Waals surface area contributed by atoms with E-state index in [1.54, 1.807) is 11.0 Å². The van der Waals surface area contributed by atoms with Gasteiger partial charge in [0.2, 0.25) is 0 Å². The van der Waals surface area contributed by atoms with E-state index in [-0.39, 0.29) is 23.6 Å². The van der Waals surface area contributed by atoms with Crippen molar-refractivity contribution in [2.24, 2.45) is 0 Å². The molecular formula is C17H14ClF3N2O. The van der Waals surface area contributed by atoms with Gasteiger partial charge in [-0.05, 0) is 42.7 Å². The van der Waals surface area contributed by atoms with Gasteiger partial charge in [0.15, 0.2) is 0 Å². The summed E-state index contributed by atoms with van der Waals surface area (Å²) < 4.78 is 37.9. The van der Waals surface area contributed by atoms with Crippen LogP contribution in [0.4, 0.5) is 13.2 Å². The van der Waals surface area contributed by atoms with Gasteiger partial charge in [-0.1, -0.05) is 23.7 Å². The average Bonchev–Trinajstić information content (AvgIpc) is 3.36. The Morgan fingerprint density at radius 3 is 2.42 bits per heavy atom. The minimum atomic E-state index is -4.36. The van der Waals surface area contributed by atoms with Gasteiger partial charge >= 0.3 is 6.18 Å². The molecule has 7 heteroatoms. The lowest BCUT2D eigenvalue weighted by Gasteiger charge is -2.23. The lowest BCUT2D eigenvalue weighted by molar-refractivity contribution is -0.137. The first-order chi connectivity index (χ1) is 11.3. The van der Waals surface area contributed by atoms with Crippen LogP contribution in [0, 0.1) is 0 Å². The minimum absolute atomic E-state index is 0.117. The van der Waals surface area contributed by atoms with Crippen molar-refractivity contribution in [3.63, 3.8) is 0 Å². The fraction of sp³-hybridized carbons (Fsp3) is 0.294. The molecule has 0 radical (unpaired) electrons. The fourth-order valence-corrected chi connectivity index (χ4v) is 2.62. The van der Waals surface area contributed by atoms with Gasteiger partial charge < -0.3 is 4.90 Å². The number of alkyl halides is 3. The Morgan fingerprint density at radius 2 is 1.88 bits per heavy atom. The number of amides is 1. The SMILES string of the molecule is O=C(c1ccnc(Cl)c1)N(Cc1ccc(C(F)(F)F)cc1)C1CC1. The quantitative estimate of drug-likeness (QED) is 0.754. The Kier molecular flexibility index (Phi) is 4.49. The number of nitrogens with zero attached hydrogens (tertiary/aromatic N) is 2. The molecule has 1 saturated carbocycles. The number of benzene rings is 1. The molecule has 24 heavy (non-hydrogen) atoms. The van der Waals surface area contributed by atoms with Crippen molar-refractivity contribution in [2.45, 2.75) is 31.6 Å². The van der Waals surface area contributed by atoms with Gasteiger partial charge in [-0.3, -0.25) is 4.79 Å². The third kappa shape index (κ3) is 3.87. The number of pyridine rings is 1. The van der Waals surface area contributed by atoms with Crippen molar-refractivity contribution in [3.8, 4) is 0 Å². The highest BCUT2D eigenvalue weighted by Gasteiger charge is 2.34. The predicted octanol–water partition coefficient (Wildman–Crippen LogP) is 4.56. The second-order valence-corrected chi connectivity index (χ2v) is 6.11. The topological polar surface area (TPSA) is 33.2 Å². The number of carbonyl (C=O) groups excluding carboxylic acids is 1. The Balaban J connectivity index is 1.78. The van der Waals surface area contributed by atoms with Crippen LogP contribution in [0.15, 0.2) is 42.6 Å². The zero-order valence-electron chi connectivity index (χ0n) is 12.6. The summed E-state index contributed by atoms with van der Waals surface area (Å²) in [4.78, 5) is 18.2. The van der Waals surface area contributed by atoms with Crippen LogP contribution in [0.25, 0.3) is 0 Å². The summed E-state index contributed by atoms with van der Waals surface area (Å²) in [7, 11) is 0. The van der Waals surface area contributed by atoms with Gasteiger partial charge in [0.05, 0.1) is 5.56 Å². The molecule has 0 bridgehead atoms. The number of carbonyl (C=O) groups is 1. The molecule has 1 aliphatic rings. The van der Waals surface area contributed by atoms with Gasteiger partial charge in [-0.25, -0.2) is 4.98 Å². The largest absolute Gasteiger partial charge is 0.416 e. The van der Waals surface area contributed by atoms with Crippen molar-refractivity contribution < 1.29 is 18.0 Å². The van der Waals surface area contributed by atoms with Gasteiger partial charge in [-0.2, -0.15) is 13.2 Å². The Bertz CT molecular complexity index is 742. The molecule has 1 aromatic heterocycles. The molecule has 1 fully saturated rings. The van der Waals surface area contributed by atoms with Crippen LogP contribution in [-0.2, 0) is 12.7 Å². The molecule has 0 saturated heterocycles. The lowest BCUT2D eigenvalue weighted by atomic mass is 10.1. The van der Waals surface area contributed by atoms with Crippen LogP contribution < -0.4 is 0 Å². The second kappa shape index (κ2) is 6.43. The Morgan fingerprint density at radius 1 is 1.21 bits per heavy atom. The van der Waals surface area contributed by atoms with E-state index >= 15 is 0 Å². The second-order valence-electron chi connectivity index (χ2n) is 5.73. The predicted molar refractivity (Wildman–Crippen MR) is 83.6 cm³/mol. The van der Waals surface area contributed by atoms with Crippen molar-refractivity contribution in [1.82, 2.24) is 9.88 Å². The number of halogens is 4. The monoisotopic (exact) mass is 354 g/mol. The first-order valence-corrected chi connectivity index (χ1v) is 7.81. The first kappa shape index (κ1) is 16.8. The summed E-state index contributed by atoms with van der Waals surface area (Å²) in [6.45, 7) is 0.265. The van der Waals surface area contributed by atoms with E-state index in [0.717, 1.165) is 25.0 Å². The third-order valence-electron chi connectivity index (χ3n) is 3.86. The van der Waals surface area contributed by atoms with E-state index < -0.39 is 11.7 Å². The summed E-state index contributed by atoms with van der Waals surface area (Å²) in [5.41, 5.74) is 0.383. The van der Waals surface area contributed by atoms with Crippen molar-refractivity contribution in [1.29, 1.82) is 0 Å². The molecule has 1 aromatic carbocycles. The maximum atomic E-state index is 12.7. The highest BCUT2D eigenvalue weighted by molar-refractivity contribution is 6.29. The van der Waals surface area contributed by atoms with Gasteiger partial charge in [0.25, 0.3) is 5.91 Å². The average molecular weight is 355 g/mol. The zero-order valence-corrected chi connectivity index (χ0v) is 13.3. The van der Waals surface area contributed by atoms with Crippen LogP contribution in [-0.4, -0.2) is 21.8 Å². The van der Waals surface area contributed by atoms with E-state index in [0.29, 0.717) is 11.1 Å². The molecule has 3 rings (SSSR count). The zero-order chi connectivity index (χ0) is 17.3. The molecule has 1 heterocycles. The van der Waals surface area contributed by atoms with Crippen molar-refractivity contribution in [3.05, 3.63) is 64.4 Å². The minimum Gasteiger partial charge on any atom is -0.331 e. The normalized spacial score (nSPS) is 14.5. The molecule has 126 valence electrons. The summed E-state index contributed by atoms with van der Waals surface area (Å²) >= 11 is 5.82. The van der Waals surface area contributed by atoms with Gasteiger partial charge in [-0.15, -0.1) is 0 Å². The Hall–Kier alpha value is -2.08. The van der Waals surface area contributed by atoms with Crippen LogP contribution in [0.5, 0.6) is 0 Å². The van der Waals surface area contributed by atoms with E-state index in [9.17, 15) is 18.0 Å². The molecule has 0 aliphatic heterocycles. The summed E-state index contributed by atoms with van der Waals surface area (Å²) in [5.74, 6) is -0.193. The number of rotatable bonds is 4. The molecule has 1 aliphatic carbocycles. The number of hydrogen-bond acceptors (Lipinski definition) is 2. The van der Waals surface area contributed by atoms with Crippen LogP contribution in [0.3, 0.4) is 0 Å². The molecule has 0 N–H and O–H groups in total. The molecule has 3 nitrogen and oxygen atoms in total. The van der Waals surface area contributed by atoms with E-state index in [4.69, 9.17) is 11.6 Å². The Labute approximate surface area is 142 Å². The highest BCUT2D eigenvalue weighted by atomic mass is 35.5. The molecule has 0 unspecified atom stereocenters. The number of hydrogen-bond donors (Lipinski definition) is 0. The van der Waals surface area contributed by atoms with Gasteiger partial charge in [0.1, 0.15) is 5.15 Å². The van der Waals surface area contributed by atoms with Crippen molar-refractivity contribution >= 4 is 17.5 Å². The van der Waals surface area contributed by atoms with Gasteiger partial charge in [0, 0.05) is 24.3 Å². The molecule has 1 amide bonds. The van der Waals surface area contributed by atoms with Crippen LogP contribution >= 0.6 is 11.6 Å². The van der Waals surface area contributed by atoms with Crippen LogP contribution in [0.2, 0.25) is 5.15 Å². The highest BCUT2D eigenvalue weighted by Crippen LogP contribution is 2.32. The van der Waals surface area contributed by atoms with E-state index in [1.165, 1.54) is 24.4 Å². The molecule has 0 atom stereocenters. The standard InChI is InChI=1S/C17H14ClF3N2O/c18-15-9-12(7-8-22-15)16(24)23(14-5-6-14)10-11-1-3-13(4-2-11)17(19,20)21/h1-4,7-9,14H,5-6,10H2. The maximum absolute atomic E-state index is 12.7. The van der Waals surface area contributed by atoms with E-state index in [1.807, 2.05) is 0 Å². The molecular weight excluding hydrogens is 341 g/mol. The number of aromatic nitrogens is 1. The van der Waals surface area contributed by atoms with E-state index in [2.05, 4.69) is 4.98 Å². The first-order valence-electron chi connectivity index (χ1n) is 7.43. The fourth-order valence-electron chi connectivity index (χ4n) is 2.45. The third-order valence-corrected chi connectivity index (χ3v) is 4.06. The summed E-state index contributed by atoms with van der Waals surface area (Å²) in [6.07, 6.45) is -1.12. The lowest BCUT2D eigenvalue weighted by Crippen LogP contribution is -2.32. The smallest absolute Gasteiger partial charge is 0.331 e. The summed E-state index contributed by atoms with van der Waals surface area (Å²) in [5, 5.41) is 0.228. The maximum Gasteiger partial charge on any atom is 0.416 e.